The molecule has 2 aromatic carbocycles. The minimum atomic E-state index is -1.19. The molecule has 0 aliphatic rings. The molecule has 7 heteroatoms. The highest BCUT2D eigenvalue weighted by atomic mass is 35.5. The summed E-state index contributed by atoms with van der Waals surface area (Å²) in [6, 6.07) is 7.58. The SMILES string of the molecule is O=C(O)c1cc(Cl)cc(Cl)c1OCc1cc(Cl)ccc1Cl. The molecule has 0 aromatic heterocycles. The minimum absolute atomic E-state index is 0.0288. The smallest absolute Gasteiger partial charge is 0.339 e. The summed E-state index contributed by atoms with van der Waals surface area (Å²) in [5.74, 6) is -1.16. The van der Waals surface area contributed by atoms with Gasteiger partial charge in [-0.25, -0.2) is 4.79 Å². The molecule has 21 heavy (non-hydrogen) atoms. The average molecular weight is 366 g/mol. The molecule has 0 amide bonds. The Bertz CT molecular complexity index is 701. The van der Waals surface area contributed by atoms with E-state index in [0.29, 0.717) is 15.6 Å². The predicted molar refractivity (Wildman–Crippen MR) is 84.2 cm³/mol. The number of halogens is 4. The van der Waals surface area contributed by atoms with Crippen LogP contribution in [0.1, 0.15) is 15.9 Å². The Hall–Kier alpha value is -1.13. The third-order valence-electron chi connectivity index (χ3n) is 2.62. The van der Waals surface area contributed by atoms with Gasteiger partial charge in [0.15, 0.2) is 5.75 Å². The first-order chi connectivity index (χ1) is 9.88. The van der Waals surface area contributed by atoms with Gasteiger partial charge in [-0.15, -0.1) is 0 Å². The molecule has 2 rings (SSSR count). The highest BCUT2D eigenvalue weighted by Crippen LogP contribution is 2.33. The van der Waals surface area contributed by atoms with Crippen LogP contribution in [0.15, 0.2) is 30.3 Å². The second-order valence-electron chi connectivity index (χ2n) is 4.09. The van der Waals surface area contributed by atoms with Crippen LogP contribution in [0.25, 0.3) is 0 Å². The molecule has 0 unspecified atom stereocenters. The predicted octanol–water partition coefficient (Wildman–Crippen LogP) is 5.58. The fraction of sp³-hybridized carbons (Fsp3) is 0.0714. The molecule has 0 aliphatic carbocycles. The zero-order valence-corrected chi connectivity index (χ0v) is 13.4. The van der Waals surface area contributed by atoms with E-state index in [4.69, 9.17) is 56.2 Å². The molecule has 110 valence electrons. The van der Waals surface area contributed by atoms with Crippen LogP contribution in [0.3, 0.4) is 0 Å². The first-order valence-corrected chi connectivity index (χ1v) is 7.18. The number of hydrogen-bond donors (Lipinski definition) is 1. The zero-order chi connectivity index (χ0) is 15.6. The fourth-order valence-corrected chi connectivity index (χ4v) is 2.58. The molecular weight excluding hydrogens is 358 g/mol. The summed E-state index contributed by atoms with van der Waals surface area (Å²) in [6.07, 6.45) is 0. The Morgan fingerprint density at radius 3 is 2.38 bits per heavy atom. The van der Waals surface area contributed by atoms with Crippen LogP contribution in [0, 0.1) is 0 Å². The monoisotopic (exact) mass is 364 g/mol. The molecule has 0 saturated carbocycles. The van der Waals surface area contributed by atoms with Crippen molar-refractivity contribution < 1.29 is 14.6 Å². The quantitative estimate of drug-likeness (QED) is 0.769. The van der Waals surface area contributed by atoms with Gasteiger partial charge >= 0.3 is 5.97 Å². The van der Waals surface area contributed by atoms with Crippen LogP contribution in [0.5, 0.6) is 5.75 Å². The first-order valence-electron chi connectivity index (χ1n) is 5.67. The molecule has 0 bridgehead atoms. The van der Waals surface area contributed by atoms with Crippen molar-refractivity contribution in [2.75, 3.05) is 0 Å². The number of hydrogen-bond acceptors (Lipinski definition) is 2. The van der Waals surface area contributed by atoms with Gasteiger partial charge in [0.25, 0.3) is 0 Å². The number of carboxylic acid groups (broad SMARTS) is 1. The highest BCUT2D eigenvalue weighted by Gasteiger charge is 2.17. The molecule has 0 heterocycles. The number of ether oxygens (including phenoxy) is 1. The summed E-state index contributed by atoms with van der Waals surface area (Å²) >= 11 is 23.7. The summed E-state index contributed by atoms with van der Waals surface area (Å²) < 4.78 is 5.49. The van der Waals surface area contributed by atoms with Gasteiger partial charge < -0.3 is 9.84 Å². The van der Waals surface area contributed by atoms with Crippen molar-refractivity contribution in [3.63, 3.8) is 0 Å². The topological polar surface area (TPSA) is 46.5 Å². The summed E-state index contributed by atoms with van der Waals surface area (Å²) in [4.78, 5) is 11.2. The normalized spacial score (nSPS) is 10.5. The summed E-state index contributed by atoms with van der Waals surface area (Å²) in [5.41, 5.74) is 0.497. The van der Waals surface area contributed by atoms with Crippen LogP contribution < -0.4 is 4.74 Å². The molecule has 1 N–H and O–H groups in total. The van der Waals surface area contributed by atoms with E-state index in [9.17, 15) is 4.79 Å². The van der Waals surface area contributed by atoms with E-state index >= 15 is 0 Å². The van der Waals surface area contributed by atoms with Gasteiger partial charge in [-0.1, -0.05) is 46.4 Å². The van der Waals surface area contributed by atoms with E-state index in [1.54, 1.807) is 18.2 Å². The van der Waals surface area contributed by atoms with Gasteiger partial charge in [-0.05, 0) is 30.3 Å². The van der Waals surface area contributed by atoms with Crippen molar-refractivity contribution in [2.24, 2.45) is 0 Å². The third kappa shape index (κ3) is 3.95. The van der Waals surface area contributed by atoms with Crippen molar-refractivity contribution in [1.82, 2.24) is 0 Å². The number of carboxylic acids is 1. The summed E-state index contributed by atoms with van der Waals surface area (Å²) in [5, 5.41) is 10.4. The first kappa shape index (κ1) is 16.2. The molecule has 3 nitrogen and oxygen atoms in total. The van der Waals surface area contributed by atoms with Crippen molar-refractivity contribution >= 4 is 52.4 Å². The number of rotatable bonds is 4. The van der Waals surface area contributed by atoms with Gasteiger partial charge in [0.2, 0.25) is 0 Å². The van der Waals surface area contributed by atoms with Crippen LogP contribution in [-0.4, -0.2) is 11.1 Å². The zero-order valence-electron chi connectivity index (χ0n) is 10.4. The van der Waals surface area contributed by atoms with E-state index in [1.807, 2.05) is 0 Å². The fourth-order valence-electron chi connectivity index (χ4n) is 1.67. The number of aromatic carboxylic acids is 1. The Kier molecular flexibility index (Phi) is 5.22. The molecule has 0 spiro atoms. The molecule has 0 atom stereocenters. The lowest BCUT2D eigenvalue weighted by Crippen LogP contribution is -2.04. The van der Waals surface area contributed by atoms with Gasteiger partial charge in [0, 0.05) is 20.6 Å². The maximum atomic E-state index is 11.2. The van der Waals surface area contributed by atoms with Crippen LogP contribution in [0.2, 0.25) is 20.1 Å². The largest absolute Gasteiger partial charge is 0.486 e. The maximum absolute atomic E-state index is 11.2. The second-order valence-corrected chi connectivity index (χ2v) is 5.78. The van der Waals surface area contributed by atoms with E-state index in [2.05, 4.69) is 0 Å². The van der Waals surface area contributed by atoms with Crippen LogP contribution in [0.4, 0.5) is 0 Å². The van der Waals surface area contributed by atoms with Gasteiger partial charge in [0.05, 0.1) is 5.02 Å². The van der Waals surface area contributed by atoms with Crippen LogP contribution >= 0.6 is 46.4 Å². The standard InChI is InChI=1S/C14H8Cl4O3/c15-8-1-2-11(17)7(3-8)6-21-13-10(14(19)20)4-9(16)5-12(13)18/h1-5H,6H2,(H,19,20). The number of carbonyl (C=O) groups is 1. The molecular formula is C14H8Cl4O3. The van der Waals surface area contributed by atoms with Crippen LogP contribution in [-0.2, 0) is 6.61 Å². The highest BCUT2D eigenvalue weighted by molar-refractivity contribution is 6.36. The maximum Gasteiger partial charge on any atom is 0.339 e. The minimum Gasteiger partial charge on any atom is -0.486 e. The number of benzene rings is 2. The van der Waals surface area contributed by atoms with Gasteiger partial charge in [-0.3, -0.25) is 0 Å². The van der Waals surface area contributed by atoms with Gasteiger partial charge in [0.1, 0.15) is 12.2 Å². The van der Waals surface area contributed by atoms with E-state index < -0.39 is 5.97 Å². The average Bonchev–Trinajstić information content (AvgIpc) is 2.40. The molecule has 2 aromatic rings. The molecule has 0 fully saturated rings. The lowest BCUT2D eigenvalue weighted by atomic mass is 10.2. The lowest BCUT2D eigenvalue weighted by molar-refractivity contribution is 0.0692. The van der Waals surface area contributed by atoms with Crippen molar-refractivity contribution in [3.05, 3.63) is 61.5 Å². The van der Waals surface area contributed by atoms with E-state index in [0.717, 1.165) is 0 Å². The molecule has 0 saturated heterocycles. The lowest BCUT2D eigenvalue weighted by Gasteiger charge is -2.12. The summed E-state index contributed by atoms with van der Waals surface area (Å²) in [6.45, 7) is 0.0288. The van der Waals surface area contributed by atoms with Crippen molar-refractivity contribution in [3.8, 4) is 5.75 Å². The Balaban J connectivity index is 2.32. The third-order valence-corrected chi connectivity index (χ3v) is 3.72. The second kappa shape index (κ2) is 6.75. The van der Waals surface area contributed by atoms with E-state index in [-0.39, 0.29) is 28.0 Å². The van der Waals surface area contributed by atoms with Crippen molar-refractivity contribution in [2.45, 2.75) is 6.61 Å². The molecule has 0 aliphatic heterocycles. The van der Waals surface area contributed by atoms with Gasteiger partial charge in [-0.2, -0.15) is 0 Å². The Labute approximate surface area is 141 Å². The van der Waals surface area contributed by atoms with Crippen molar-refractivity contribution in [1.29, 1.82) is 0 Å². The van der Waals surface area contributed by atoms with E-state index in [1.165, 1.54) is 12.1 Å². The summed E-state index contributed by atoms with van der Waals surface area (Å²) in [7, 11) is 0. The Morgan fingerprint density at radius 1 is 1.00 bits per heavy atom. The Morgan fingerprint density at radius 2 is 1.71 bits per heavy atom. The molecule has 0 radical (unpaired) electrons.